The minimum Gasteiger partial charge on any atom is -0.507 e. The van der Waals surface area contributed by atoms with Crippen molar-refractivity contribution in [3.63, 3.8) is 0 Å². The van der Waals surface area contributed by atoms with E-state index in [1.165, 1.54) is 17.2 Å². The fourth-order valence-corrected chi connectivity index (χ4v) is 3.92. The van der Waals surface area contributed by atoms with E-state index in [0.29, 0.717) is 21.9 Å². The van der Waals surface area contributed by atoms with Gasteiger partial charge in [0.25, 0.3) is 11.7 Å². The number of aliphatic hydroxyl groups is 1. The van der Waals surface area contributed by atoms with Gasteiger partial charge in [-0.2, -0.15) is 0 Å². The minimum atomic E-state index is -0.884. The third-order valence-corrected chi connectivity index (χ3v) is 5.31. The fraction of sp³-hybridized carbons (Fsp3) is 0.0909. The standard InChI is InChI=1S/C22H15Cl2NO4/c23-14-8-9-16(17(24)11-14)19-18(20(26)13-5-2-1-3-6-13)21(27)22(28)25(19)12-15-7-4-10-29-15/h1-11,19,26H,12H2. The minimum absolute atomic E-state index is 0.0306. The van der Waals surface area contributed by atoms with E-state index in [0.717, 1.165) is 0 Å². The Morgan fingerprint density at radius 1 is 1.03 bits per heavy atom. The lowest BCUT2D eigenvalue weighted by Gasteiger charge is -2.25. The van der Waals surface area contributed by atoms with Gasteiger partial charge in [-0.05, 0) is 29.8 Å². The summed E-state index contributed by atoms with van der Waals surface area (Å²) in [7, 11) is 0. The lowest BCUT2D eigenvalue weighted by molar-refractivity contribution is -0.140. The molecule has 2 aromatic carbocycles. The lowest BCUT2D eigenvalue weighted by atomic mass is 9.95. The number of hydrogen-bond donors (Lipinski definition) is 1. The Bertz CT molecular complexity index is 1110. The molecule has 5 nitrogen and oxygen atoms in total. The van der Waals surface area contributed by atoms with Crippen LogP contribution in [0.3, 0.4) is 0 Å². The van der Waals surface area contributed by atoms with Gasteiger partial charge >= 0.3 is 0 Å². The van der Waals surface area contributed by atoms with E-state index in [2.05, 4.69) is 0 Å². The SMILES string of the molecule is O=C1C(=O)N(Cc2ccco2)C(c2ccc(Cl)cc2Cl)C1=C(O)c1ccccc1. The van der Waals surface area contributed by atoms with E-state index in [4.69, 9.17) is 27.6 Å². The van der Waals surface area contributed by atoms with Gasteiger partial charge in [-0.25, -0.2) is 0 Å². The third kappa shape index (κ3) is 3.55. The number of rotatable bonds is 4. The summed E-state index contributed by atoms with van der Waals surface area (Å²) in [5, 5.41) is 11.6. The van der Waals surface area contributed by atoms with Crippen LogP contribution in [0.5, 0.6) is 0 Å². The predicted octanol–water partition coefficient (Wildman–Crippen LogP) is 5.21. The Labute approximate surface area is 176 Å². The first-order valence-electron chi connectivity index (χ1n) is 8.78. The van der Waals surface area contributed by atoms with Crippen molar-refractivity contribution >= 4 is 40.7 Å². The molecule has 1 atom stereocenters. The molecule has 146 valence electrons. The summed E-state index contributed by atoms with van der Waals surface area (Å²) >= 11 is 12.4. The van der Waals surface area contributed by atoms with Crippen LogP contribution in [0.2, 0.25) is 10.0 Å². The number of amides is 1. The van der Waals surface area contributed by atoms with Gasteiger partial charge in [0.2, 0.25) is 0 Å². The molecule has 1 aliphatic rings. The molecule has 1 unspecified atom stereocenters. The molecule has 2 heterocycles. The molecular weight excluding hydrogens is 413 g/mol. The highest BCUT2D eigenvalue weighted by Gasteiger charge is 2.47. The molecule has 0 radical (unpaired) electrons. The number of likely N-dealkylation sites (tertiary alicyclic amines) is 1. The second-order valence-corrected chi connectivity index (χ2v) is 7.38. The van der Waals surface area contributed by atoms with Crippen molar-refractivity contribution in [2.75, 3.05) is 0 Å². The largest absolute Gasteiger partial charge is 0.507 e. The Balaban J connectivity index is 1.90. The number of halogens is 2. The van der Waals surface area contributed by atoms with Gasteiger partial charge in [-0.3, -0.25) is 9.59 Å². The number of nitrogens with zero attached hydrogens (tertiary/aromatic N) is 1. The molecule has 1 saturated heterocycles. The zero-order valence-electron chi connectivity index (χ0n) is 15.0. The number of benzene rings is 2. The van der Waals surface area contributed by atoms with Crippen LogP contribution in [0.15, 0.2) is 76.9 Å². The van der Waals surface area contributed by atoms with Gasteiger partial charge < -0.3 is 14.4 Å². The van der Waals surface area contributed by atoms with Crippen molar-refractivity contribution in [1.82, 2.24) is 4.90 Å². The number of carbonyl (C=O) groups excluding carboxylic acids is 2. The number of hydrogen-bond acceptors (Lipinski definition) is 4. The number of ketones is 1. The summed E-state index contributed by atoms with van der Waals surface area (Å²) in [4.78, 5) is 27.1. The van der Waals surface area contributed by atoms with Crippen molar-refractivity contribution < 1.29 is 19.1 Å². The zero-order chi connectivity index (χ0) is 20.5. The first kappa shape index (κ1) is 19.3. The Kier molecular flexibility index (Phi) is 5.18. The van der Waals surface area contributed by atoms with Crippen LogP contribution >= 0.6 is 23.2 Å². The van der Waals surface area contributed by atoms with E-state index in [-0.39, 0.29) is 22.9 Å². The summed E-state index contributed by atoms with van der Waals surface area (Å²) in [6, 6.07) is 15.9. The molecule has 29 heavy (non-hydrogen) atoms. The number of carbonyl (C=O) groups is 2. The highest BCUT2D eigenvalue weighted by atomic mass is 35.5. The van der Waals surface area contributed by atoms with Gasteiger partial charge in [-0.15, -0.1) is 0 Å². The maximum Gasteiger partial charge on any atom is 0.296 e. The fourth-order valence-electron chi connectivity index (χ4n) is 3.41. The molecule has 0 bridgehead atoms. The van der Waals surface area contributed by atoms with Crippen molar-refractivity contribution in [3.8, 4) is 0 Å². The van der Waals surface area contributed by atoms with Gasteiger partial charge in [0, 0.05) is 15.6 Å². The summed E-state index contributed by atoms with van der Waals surface area (Å²) in [6.45, 7) is 0.0484. The third-order valence-electron chi connectivity index (χ3n) is 4.75. The maximum atomic E-state index is 12.9. The van der Waals surface area contributed by atoms with Gasteiger partial charge in [0.1, 0.15) is 11.5 Å². The lowest BCUT2D eigenvalue weighted by Crippen LogP contribution is -2.29. The number of aliphatic hydroxyl groups excluding tert-OH is 1. The molecule has 1 N–H and O–H groups in total. The normalized spacial score (nSPS) is 18.4. The van der Waals surface area contributed by atoms with Crippen LogP contribution in [0.4, 0.5) is 0 Å². The van der Waals surface area contributed by atoms with E-state index >= 15 is 0 Å². The van der Waals surface area contributed by atoms with Crippen LogP contribution < -0.4 is 0 Å². The van der Waals surface area contributed by atoms with E-state index < -0.39 is 17.7 Å². The highest BCUT2D eigenvalue weighted by molar-refractivity contribution is 6.47. The second kappa shape index (κ2) is 7.78. The molecule has 0 saturated carbocycles. The molecule has 1 aromatic heterocycles. The van der Waals surface area contributed by atoms with Crippen molar-refractivity contribution in [2.24, 2.45) is 0 Å². The topological polar surface area (TPSA) is 70.8 Å². The predicted molar refractivity (Wildman–Crippen MR) is 109 cm³/mol. The van der Waals surface area contributed by atoms with Crippen LogP contribution in [-0.2, 0) is 16.1 Å². The smallest absolute Gasteiger partial charge is 0.296 e. The molecule has 1 amide bonds. The summed E-state index contributed by atoms with van der Waals surface area (Å²) < 4.78 is 5.36. The molecule has 3 aromatic rings. The van der Waals surface area contributed by atoms with Crippen molar-refractivity contribution in [3.05, 3.63) is 99.4 Å². The Morgan fingerprint density at radius 2 is 1.79 bits per heavy atom. The molecule has 4 rings (SSSR count). The maximum absolute atomic E-state index is 12.9. The average molecular weight is 428 g/mol. The molecule has 7 heteroatoms. The zero-order valence-corrected chi connectivity index (χ0v) is 16.5. The van der Waals surface area contributed by atoms with E-state index in [9.17, 15) is 14.7 Å². The molecule has 0 aliphatic carbocycles. The first-order valence-corrected chi connectivity index (χ1v) is 9.54. The first-order chi connectivity index (χ1) is 14.0. The number of Topliss-reactive ketones (excluding diaryl/α,β-unsaturated/α-hetero) is 1. The van der Waals surface area contributed by atoms with Gasteiger partial charge in [-0.1, -0.05) is 59.6 Å². The summed E-state index contributed by atoms with van der Waals surface area (Å²) in [5.41, 5.74) is 0.884. The van der Waals surface area contributed by atoms with Crippen LogP contribution in [-0.4, -0.2) is 21.7 Å². The summed E-state index contributed by atoms with van der Waals surface area (Å²) in [6.07, 6.45) is 1.49. The molecule has 1 fully saturated rings. The second-order valence-electron chi connectivity index (χ2n) is 6.54. The molecule has 0 spiro atoms. The molecule has 1 aliphatic heterocycles. The van der Waals surface area contributed by atoms with Crippen LogP contribution in [0.25, 0.3) is 5.76 Å². The van der Waals surface area contributed by atoms with Crippen LogP contribution in [0, 0.1) is 0 Å². The molecular formula is C22H15Cl2NO4. The average Bonchev–Trinajstić information content (AvgIpc) is 3.31. The van der Waals surface area contributed by atoms with E-state index in [1.807, 2.05) is 0 Å². The number of furan rings is 1. The van der Waals surface area contributed by atoms with Crippen LogP contribution in [0.1, 0.15) is 22.9 Å². The highest BCUT2D eigenvalue weighted by Crippen LogP contribution is 2.43. The van der Waals surface area contributed by atoms with Crippen molar-refractivity contribution in [1.29, 1.82) is 0 Å². The van der Waals surface area contributed by atoms with Crippen molar-refractivity contribution in [2.45, 2.75) is 12.6 Å². The monoisotopic (exact) mass is 427 g/mol. The van der Waals surface area contributed by atoms with Gasteiger partial charge in [0.05, 0.1) is 24.4 Å². The quantitative estimate of drug-likeness (QED) is 0.352. The summed E-state index contributed by atoms with van der Waals surface area (Å²) in [5.74, 6) is -1.28. The van der Waals surface area contributed by atoms with Gasteiger partial charge in [0.15, 0.2) is 0 Å². The Morgan fingerprint density at radius 3 is 2.45 bits per heavy atom. The Hall–Kier alpha value is -3.02. The van der Waals surface area contributed by atoms with E-state index in [1.54, 1.807) is 54.6 Å².